The van der Waals surface area contributed by atoms with E-state index in [2.05, 4.69) is 28.8 Å². The monoisotopic (exact) mass is 309 g/mol. The standard InChI is InChI=1S/C16H27N3OS/c1-3-9-18-15-8-11-17-13-14(15)16(20)19-10-6-4-5-7-12-21-2/h8,11,13H,3-7,9-10,12H2,1-2H3,(H,17,18)(H,19,20). The molecule has 1 amide bonds. The van der Waals surface area contributed by atoms with Crippen LogP contribution in [-0.2, 0) is 0 Å². The van der Waals surface area contributed by atoms with Gasteiger partial charge in [-0.15, -0.1) is 0 Å². The van der Waals surface area contributed by atoms with Gasteiger partial charge in [-0.25, -0.2) is 0 Å². The van der Waals surface area contributed by atoms with Gasteiger partial charge in [0.2, 0.25) is 0 Å². The van der Waals surface area contributed by atoms with Gasteiger partial charge in [-0.05, 0) is 37.3 Å². The molecule has 5 heteroatoms. The lowest BCUT2D eigenvalue weighted by Crippen LogP contribution is -2.25. The highest BCUT2D eigenvalue weighted by Crippen LogP contribution is 2.13. The number of carbonyl (C=O) groups excluding carboxylic acids is 1. The van der Waals surface area contributed by atoms with Crippen LogP contribution in [-0.4, -0.2) is 36.0 Å². The molecule has 0 saturated carbocycles. The molecule has 0 fully saturated rings. The molecule has 1 aromatic heterocycles. The van der Waals surface area contributed by atoms with Crippen molar-refractivity contribution >= 4 is 23.4 Å². The summed E-state index contributed by atoms with van der Waals surface area (Å²) in [6.45, 7) is 3.70. The second-order valence-corrected chi connectivity index (χ2v) is 6.00. The summed E-state index contributed by atoms with van der Waals surface area (Å²) < 4.78 is 0. The first-order valence-corrected chi connectivity index (χ1v) is 9.14. The van der Waals surface area contributed by atoms with E-state index in [1.165, 1.54) is 25.0 Å². The van der Waals surface area contributed by atoms with Gasteiger partial charge in [0.1, 0.15) is 0 Å². The van der Waals surface area contributed by atoms with Gasteiger partial charge in [0.15, 0.2) is 0 Å². The van der Waals surface area contributed by atoms with Crippen molar-refractivity contribution in [1.29, 1.82) is 0 Å². The highest BCUT2D eigenvalue weighted by molar-refractivity contribution is 7.98. The van der Waals surface area contributed by atoms with Crippen LogP contribution in [0.1, 0.15) is 49.4 Å². The van der Waals surface area contributed by atoms with E-state index in [0.717, 1.165) is 31.6 Å². The molecule has 2 N–H and O–H groups in total. The average Bonchev–Trinajstić information content (AvgIpc) is 2.52. The van der Waals surface area contributed by atoms with Crippen LogP contribution < -0.4 is 10.6 Å². The quantitative estimate of drug-likeness (QED) is 0.614. The van der Waals surface area contributed by atoms with Crippen LogP contribution in [0.15, 0.2) is 18.5 Å². The Morgan fingerprint density at radius 1 is 1.24 bits per heavy atom. The number of hydrogen-bond donors (Lipinski definition) is 2. The molecule has 0 atom stereocenters. The van der Waals surface area contributed by atoms with E-state index < -0.39 is 0 Å². The van der Waals surface area contributed by atoms with Crippen LogP contribution in [0.2, 0.25) is 0 Å². The largest absolute Gasteiger partial charge is 0.384 e. The normalized spacial score (nSPS) is 10.4. The summed E-state index contributed by atoms with van der Waals surface area (Å²) in [5, 5.41) is 6.25. The smallest absolute Gasteiger partial charge is 0.254 e. The van der Waals surface area contributed by atoms with E-state index in [9.17, 15) is 4.79 Å². The minimum atomic E-state index is -0.0363. The second kappa shape index (κ2) is 11.4. The van der Waals surface area contributed by atoms with Crippen LogP contribution in [0.25, 0.3) is 0 Å². The first kappa shape index (κ1) is 17.8. The Morgan fingerprint density at radius 3 is 2.81 bits per heavy atom. The first-order valence-electron chi connectivity index (χ1n) is 7.74. The molecule has 1 aromatic rings. The molecule has 0 aromatic carbocycles. The zero-order valence-corrected chi connectivity index (χ0v) is 14.0. The summed E-state index contributed by atoms with van der Waals surface area (Å²) in [5.74, 6) is 1.19. The highest BCUT2D eigenvalue weighted by atomic mass is 32.2. The fourth-order valence-electron chi connectivity index (χ4n) is 2.01. The zero-order chi connectivity index (χ0) is 15.3. The fourth-order valence-corrected chi connectivity index (χ4v) is 2.50. The van der Waals surface area contributed by atoms with Gasteiger partial charge in [0.25, 0.3) is 5.91 Å². The molecule has 0 radical (unpaired) electrons. The number of anilines is 1. The van der Waals surface area contributed by atoms with Gasteiger partial charge in [-0.3, -0.25) is 9.78 Å². The van der Waals surface area contributed by atoms with E-state index in [-0.39, 0.29) is 5.91 Å². The van der Waals surface area contributed by atoms with Crippen LogP contribution in [0, 0.1) is 0 Å². The van der Waals surface area contributed by atoms with Gasteiger partial charge < -0.3 is 10.6 Å². The lowest BCUT2D eigenvalue weighted by Gasteiger charge is -2.11. The molecule has 4 nitrogen and oxygen atoms in total. The molecular weight excluding hydrogens is 282 g/mol. The molecule has 1 rings (SSSR count). The molecule has 0 bridgehead atoms. The second-order valence-electron chi connectivity index (χ2n) is 5.01. The van der Waals surface area contributed by atoms with Gasteiger partial charge in [0.05, 0.1) is 11.3 Å². The lowest BCUT2D eigenvalue weighted by atomic mass is 10.2. The Morgan fingerprint density at radius 2 is 2.05 bits per heavy atom. The van der Waals surface area contributed by atoms with Crippen molar-refractivity contribution < 1.29 is 4.79 Å². The summed E-state index contributed by atoms with van der Waals surface area (Å²) in [5.41, 5.74) is 1.50. The predicted octanol–water partition coefficient (Wildman–Crippen LogP) is 3.56. The molecule has 0 saturated heterocycles. The maximum Gasteiger partial charge on any atom is 0.254 e. The minimum Gasteiger partial charge on any atom is -0.384 e. The van der Waals surface area contributed by atoms with Crippen LogP contribution in [0.4, 0.5) is 5.69 Å². The van der Waals surface area contributed by atoms with Crippen LogP contribution in [0.3, 0.4) is 0 Å². The molecule has 0 unspecified atom stereocenters. The van der Waals surface area contributed by atoms with Crippen molar-refractivity contribution in [2.45, 2.75) is 39.0 Å². The van der Waals surface area contributed by atoms with Crippen molar-refractivity contribution in [3.05, 3.63) is 24.0 Å². The number of pyridine rings is 1. The number of thioether (sulfide) groups is 1. The van der Waals surface area contributed by atoms with Crippen molar-refractivity contribution in [2.75, 3.05) is 30.4 Å². The van der Waals surface area contributed by atoms with Crippen molar-refractivity contribution in [2.24, 2.45) is 0 Å². The van der Waals surface area contributed by atoms with Gasteiger partial charge in [0, 0.05) is 25.5 Å². The van der Waals surface area contributed by atoms with E-state index >= 15 is 0 Å². The Hall–Kier alpha value is -1.23. The van der Waals surface area contributed by atoms with E-state index in [1.807, 2.05) is 17.8 Å². The van der Waals surface area contributed by atoms with Crippen molar-refractivity contribution in [3.63, 3.8) is 0 Å². The summed E-state index contributed by atoms with van der Waals surface area (Å²) in [6.07, 6.45) is 11.2. The molecule has 0 aliphatic carbocycles. The lowest BCUT2D eigenvalue weighted by molar-refractivity contribution is 0.0953. The maximum absolute atomic E-state index is 12.2. The first-order chi connectivity index (χ1) is 10.3. The van der Waals surface area contributed by atoms with Gasteiger partial charge >= 0.3 is 0 Å². The summed E-state index contributed by atoms with van der Waals surface area (Å²) in [4.78, 5) is 16.2. The average molecular weight is 309 g/mol. The Bertz CT molecular complexity index is 412. The van der Waals surface area contributed by atoms with Crippen molar-refractivity contribution in [1.82, 2.24) is 10.3 Å². The minimum absolute atomic E-state index is 0.0363. The third-order valence-corrected chi connectivity index (χ3v) is 3.89. The van der Waals surface area contributed by atoms with E-state index in [1.54, 1.807) is 12.4 Å². The van der Waals surface area contributed by atoms with E-state index in [0.29, 0.717) is 5.56 Å². The number of carbonyl (C=O) groups is 1. The number of nitrogens with one attached hydrogen (secondary N) is 2. The highest BCUT2D eigenvalue weighted by Gasteiger charge is 2.10. The molecule has 1 heterocycles. The molecule has 0 spiro atoms. The number of amides is 1. The Kier molecular flexibility index (Phi) is 9.70. The molecular formula is C16H27N3OS. The SMILES string of the molecule is CCCNc1ccncc1C(=O)NCCCCCCSC. The van der Waals surface area contributed by atoms with E-state index in [4.69, 9.17) is 0 Å². The number of rotatable bonds is 11. The van der Waals surface area contributed by atoms with Gasteiger partial charge in [-0.2, -0.15) is 11.8 Å². The Labute approximate surface area is 132 Å². The van der Waals surface area contributed by atoms with Gasteiger partial charge in [-0.1, -0.05) is 19.8 Å². The van der Waals surface area contributed by atoms with Crippen LogP contribution in [0.5, 0.6) is 0 Å². The molecule has 118 valence electrons. The molecule has 21 heavy (non-hydrogen) atoms. The third-order valence-electron chi connectivity index (χ3n) is 3.19. The van der Waals surface area contributed by atoms with Crippen molar-refractivity contribution in [3.8, 4) is 0 Å². The summed E-state index contributed by atoms with van der Waals surface area (Å²) >= 11 is 1.89. The number of unbranched alkanes of at least 4 members (excludes halogenated alkanes) is 3. The fraction of sp³-hybridized carbons (Fsp3) is 0.625. The summed E-state index contributed by atoms with van der Waals surface area (Å²) in [7, 11) is 0. The zero-order valence-electron chi connectivity index (χ0n) is 13.2. The number of nitrogens with zero attached hydrogens (tertiary/aromatic N) is 1. The summed E-state index contributed by atoms with van der Waals surface area (Å²) in [6, 6.07) is 1.85. The molecule has 0 aliphatic heterocycles. The number of aromatic nitrogens is 1. The maximum atomic E-state index is 12.2. The number of hydrogen-bond acceptors (Lipinski definition) is 4. The third kappa shape index (κ3) is 7.37. The predicted molar refractivity (Wildman–Crippen MR) is 92.2 cm³/mol. The molecule has 0 aliphatic rings. The Balaban J connectivity index is 2.31. The van der Waals surface area contributed by atoms with Crippen LogP contribution >= 0.6 is 11.8 Å². The topological polar surface area (TPSA) is 54.0 Å².